The number of aromatic nitrogens is 3. The Bertz CT molecular complexity index is 419. The third-order valence-electron chi connectivity index (χ3n) is 2.75. The molecule has 0 saturated carbocycles. The maximum absolute atomic E-state index is 10.6. The van der Waals surface area contributed by atoms with Crippen LogP contribution >= 0.6 is 23.5 Å². The molecule has 1 unspecified atom stereocenters. The molecule has 1 saturated heterocycles. The summed E-state index contributed by atoms with van der Waals surface area (Å²) >= 11 is 3.93. The van der Waals surface area contributed by atoms with E-state index in [1.807, 2.05) is 30.4 Å². The predicted octanol–water partition coefficient (Wildman–Crippen LogP) is 0.931. The molecular weight excluding hydrogens is 284 g/mol. The highest BCUT2D eigenvalue weighted by Gasteiger charge is 2.19. The van der Waals surface area contributed by atoms with Gasteiger partial charge in [0.25, 0.3) is 0 Å². The number of carboxylic acid groups (broad SMARTS) is 1. The molecule has 0 bridgehead atoms. The zero-order valence-electron chi connectivity index (χ0n) is 10.8. The fourth-order valence-electron chi connectivity index (χ4n) is 1.87. The summed E-state index contributed by atoms with van der Waals surface area (Å²) < 4.78 is 0. The third kappa shape index (κ3) is 4.70. The standard InChI is InChI=1S/C11H18N4O2S2/c1-7(12-8-5-18-2-3-19-6-8)11-13-9(14-15-11)4-10(16)17/h7-8,12H,2-6H2,1H3,(H,16,17)(H,13,14,15). The van der Waals surface area contributed by atoms with Gasteiger partial charge in [0.1, 0.15) is 12.2 Å². The molecule has 2 heterocycles. The van der Waals surface area contributed by atoms with Gasteiger partial charge in [-0.3, -0.25) is 9.89 Å². The van der Waals surface area contributed by atoms with Gasteiger partial charge >= 0.3 is 5.97 Å². The Morgan fingerprint density at radius 2 is 2.21 bits per heavy atom. The van der Waals surface area contributed by atoms with Crippen LogP contribution in [-0.2, 0) is 11.2 Å². The molecule has 0 aliphatic carbocycles. The summed E-state index contributed by atoms with van der Waals surface area (Å²) in [4.78, 5) is 14.8. The van der Waals surface area contributed by atoms with E-state index < -0.39 is 5.97 Å². The molecule has 1 aromatic rings. The molecule has 2 rings (SSSR count). The van der Waals surface area contributed by atoms with Gasteiger partial charge < -0.3 is 10.4 Å². The van der Waals surface area contributed by atoms with E-state index in [9.17, 15) is 4.79 Å². The number of carboxylic acids is 1. The molecule has 1 atom stereocenters. The molecule has 3 N–H and O–H groups in total. The molecule has 0 amide bonds. The van der Waals surface area contributed by atoms with Crippen LogP contribution in [0.25, 0.3) is 0 Å². The van der Waals surface area contributed by atoms with Crippen molar-refractivity contribution in [3.05, 3.63) is 11.6 Å². The van der Waals surface area contributed by atoms with Gasteiger partial charge in [-0.25, -0.2) is 4.98 Å². The van der Waals surface area contributed by atoms with Crippen molar-refractivity contribution in [2.45, 2.75) is 25.4 Å². The van der Waals surface area contributed by atoms with Crippen molar-refractivity contribution in [3.8, 4) is 0 Å². The number of carbonyl (C=O) groups is 1. The molecule has 106 valence electrons. The average molecular weight is 302 g/mol. The van der Waals surface area contributed by atoms with E-state index >= 15 is 0 Å². The fraction of sp³-hybridized carbons (Fsp3) is 0.727. The maximum atomic E-state index is 10.6. The van der Waals surface area contributed by atoms with Crippen molar-refractivity contribution in [2.75, 3.05) is 23.0 Å². The van der Waals surface area contributed by atoms with Crippen LogP contribution in [-0.4, -0.2) is 55.3 Å². The molecule has 1 aromatic heterocycles. The van der Waals surface area contributed by atoms with Gasteiger partial charge in [0.15, 0.2) is 5.82 Å². The summed E-state index contributed by atoms with van der Waals surface area (Å²) in [5.74, 6) is 4.76. The van der Waals surface area contributed by atoms with E-state index in [4.69, 9.17) is 5.11 Å². The predicted molar refractivity (Wildman–Crippen MR) is 77.7 cm³/mol. The number of H-pyrrole nitrogens is 1. The van der Waals surface area contributed by atoms with Gasteiger partial charge in [0.05, 0.1) is 6.04 Å². The monoisotopic (exact) mass is 302 g/mol. The zero-order chi connectivity index (χ0) is 13.7. The van der Waals surface area contributed by atoms with Gasteiger partial charge in [-0.2, -0.15) is 28.6 Å². The lowest BCUT2D eigenvalue weighted by molar-refractivity contribution is -0.136. The highest BCUT2D eigenvalue weighted by Crippen LogP contribution is 2.18. The zero-order valence-corrected chi connectivity index (χ0v) is 12.4. The van der Waals surface area contributed by atoms with Crippen LogP contribution in [0.4, 0.5) is 0 Å². The van der Waals surface area contributed by atoms with Crippen LogP contribution < -0.4 is 5.32 Å². The van der Waals surface area contributed by atoms with Crippen LogP contribution in [0.15, 0.2) is 0 Å². The fourth-order valence-corrected chi connectivity index (χ4v) is 4.29. The summed E-state index contributed by atoms with van der Waals surface area (Å²) in [6.07, 6.45) is -0.116. The Balaban J connectivity index is 1.89. The van der Waals surface area contributed by atoms with Crippen molar-refractivity contribution >= 4 is 29.5 Å². The maximum Gasteiger partial charge on any atom is 0.311 e. The lowest BCUT2D eigenvalue weighted by Crippen LogP contribution is -2.35. The van der Waals surface area contributed by atoms with Crippen molar-refractivity contribution in [3.63, 3.8) is 0 Å². The molecule has 0 spiro atoms. The number of aromatic amines is 1. The summed E-state index contributed by atoms with van der Waals surface area (Å²) in [6.45, 7) is 2.01. The Morgan fingerprint density at radius 3 is 2.84 bits per heavy atom. The lowest BCUT2D eigenvalue weighted by Gasteiger charge is -2.19. The minimum Gasteiger partial charge on any atom is -0.481 e. The molecule has 1 fully saturated rings. The Kier molecular flexibility index (Phi) is 5.53. The number of nitrogens with zero attached hydrogens (tertiary/aromatic N) is 2. The largest absolute Gasteiger partial charge is 0.481 e. The number of thioether (sulfide) groups is 2. The molecular formula is C11H18N4O2S2. The molecule has 19 heavy (non-hydrogen) atoms. The van der Waals surface area contributed by atoms with Crippen molar-refractivity contribution in [1.29, 1.82) is 0 Å². The Hall–Kier alpha value is -0.730. The van der Waals surface area contributed by atoms with Gasteiger partial charge in [0, 0.05) is 29.1 Å². The number of hydrogen-bond donors (Lipinski definition) is 3. The second-order valence-electron chi connectivity index (χ2n) is 4.45. The second kappa shape index (κ2) is 7.16. The smallest absolute Gasteiger partial charge is 0.311 e. The number of aliphatic carboxylic acids is 1. The molecule has 1 aliphatic heterocycles. The van der Waals surface area contributed by atoms with Crippen molar-refractivity contribution in [2.24, 2.45) is 0 Å². The van der Waals surface area contributed by atoms with Crippen molar-refractivity contribution in [1.82, 2.24) is 20.5 Å². The summed E-state index contributed by atoms with van der Waals surface area (Å²) in [5.41, 5.74) is 0. The van der Waals surface area contributed by atoms with Crippen LogP contribution in [0, 0.1) is 0 Å². The van der Waals surface area contributed by atoms with Gasteiger partial charge in [-0.1, -0.05) is 0 Å². The Labute approximate surface area is 120 Å². The second-order valence-corrected chi connectivity index (χ2v) is 6.75. The highest BCUT2D eigenvalue weighted by atomic mass is 32.2. The average Bonchev–Trinajstić information content (AvgIpc) is 2.66. The van der Waals surface area contributed by atoms with E-state index in [2.05, 4.69) is 20.5 Å². The van der Waals surface area contributed by atoms with E-state index in [0.717, 1.165) is 11.5 Å². The summed E-state index contributed by atoms with van der Waals surface area (Å²) in [7, 11) is 0. The molecule has 0 aromatic carbocycles. The molecule has 6 nitrogen and oxygen atoms in total. The van der Waals surface area contributed by atoms with Crippen LogP contribution in [0.3, 0.4) is 0 Å². The Morgan fingerprint density at radius 1 is 1.53 bits per heavy atom. The SMILES string of the molecule is CC(NC1CSCCSC1)c1n[nH]c(CC(=O)O)n1. The topological polar surface area (TPSA) is 90.9 Å². The number of hydrogen-bond acceptors (Lipinski definition) is 6. The number of rotatable bonds is 5. The van der Waals surface area contributed by atoms with E-state index in [-0.39, 0.29) is 12.5 Å². The highest BCUT2D eigenvalue weighted by molar-refractivity contribution is 8.03. The normalized spacial score (nSPS) is 19.0. The van der Waals surface area contributed by atoms with E-state index in [0.29, 0.717) is 17.7 Å². The molecule has 8 heteroatoms. The van der Waals surface area contributed by atoms with Crippen molar-refractivity contribution < 1.29 is 9.90 Å². The summed E-state index contributed by atoms with van der Waals surface area (Å²) in [5, 5.41) is 19.0. The van der Waals surface area contributed by atoms with Crippen LogP contribution in [0.1, 0.15) is 24.6 Å². The minimum atomic E-state index is -0.903. The lowest BCUT2D eigenvalue weighted by atomic mass is 10.2. The van der Waals surface area contributed by atoms with Gasteiger partial charge in [0.2, 0.25) is 0 Å². The summed E-state index contributed by atoms with van der Waals surface area (Å²) in [6, 6.07) is 0.483. The molecule has 0 radical (unpaired) electrons. The van der Waals surface area contributed by atoms with E-state index in [1.165, 1.54) is 11.5 Å². The van der Waals surface area contributed by atoms with Gasteiger partial charge in [-0.15, -0.1) is 0 Å². The third-order valence-corrected chi connectivity index (χ3v) is 5.27. The molecule has 1 aliphatic rings. The van der Waals surface area contributed by atoms with Gasteiger partial charge in [-0.05, 0) is 6.92 Å². The first-order valence-electron chi connectivity index (χ1n) is 6.19. The van der Waals surface area contributed by atoms with E-state index in [1.54, 1.807) is 0 Å². The minimum absolute atomic E-state index is 0.0306. The quantitative estimate of drug-likeness (QED) is 0.745. The number of nitrogens with one attached hydrogen (secondary N) is 2. The van der Waals surface area contributed by atoms with Crippen LogP contribution in [0.2, 0.25) is 0 Å². The first kappa shape index (κ1) is 14.7. The first-order chi connectivity index (χ1) is 9.15. The van der Waals surface area contributed by atoms with Crippen LogP contribution in [0.5, 0.6) is 0 Å². The first-order valence-corrected chi connectivity index (χ1v) is 8.50.